The van der Waals surface area contributed by atoms with Crippen molar-refractivity contribution in [1.82, 2.24) is 0 Å². The monoisotopic (exact) mass is 344 g/mol. The van der Waals surface area contributed by atoms with E-state index in [1.165, 1.54) is 16.7 Å². The fraction of sp³-hybridized carbons (Fsp3) is 0.250. The Labute approximate surface area is 154 Å². The summed E-state index contributed by atoms with van der Waals surface area (Å²) in [5.41, 5.74) is 3.99. The van der Waals surface area contributed by atoms with Crippen LogP contribution in [0.2, 0.25) is 0 Å². The third kappa shape index (κ3) is 3.45. The molecular weight excluding hydrogens is 320 g/mol. The van der Waals surface area contributed by atoms with Gasteiger partial charge in [0.2, 0.25) is 0 Å². The Morgan fingerprint density at radius 3 is 1.69 bits per heavy atom. The Morgan fingerprint density at radius 1 is 0.538 bits per heavy atom. The van der Waals surface area contributed by atoms with Crippen molar-refractivity contribution in [3.8, 4) is 11.5 Å². The molecule has 0 saturated heterocycles. The van der Waals surface area contributed by atoms with Crippen molar-refractivity contribution in [2.75, 3.05) is 0 Å². The van der Waals surface area contributed by atoms with Crippen molar-refractivity contribution in [1.29, 1.82) is 0 Å². The fourth-order valence-corrected chi connectivity index (χ4v) is 4.41. The molecule has 2 N–H and O–H groups in total. The summed E-state index contributed by atoms with van der Waals surface area (Å²) >= 11 is 0. The maximum absolute atomic E-state index is 9.67. The first-order valence-corrected chi connectivity index (χ1v) is 9.33. The molecule has 1 aliphatic rings. The topological polar surface area (TPSA) is 40.5 Å². The highest BCUT2D eigenvalue weighted by Gasteiger charge is 2.33. The predicted octanol–water partition coefficient (Wildman–Crippen LogP) is 5.93. The number of hydrogen-bond donors (Lipinski definition) is 2. The van der Waals surface area contributed by atoms with Crippen LogP contribution in [0.5, 0.6) is 11.5 Å². The van der Waals surface area contributed by atoms with E-state index < -0.39 is 0 Å². The largest absolute Gasteiger partial charge is 0.508 e. The molecule has 0 bridgehead atoms. The minimum Gasteiger partial charge on any atom is -0.508 e. The van der Waals surface area contributed by atoms with Gasteiger partial charge in [0.05, 0.1) is 0 Å². The zero-order valence-electron chi connectivity index (χ0n) is 14.8. The molecule has 0 heterocycles. The molecule has 132 valence electrons. The van der Waals surface area contributed by atoms with Crippen LogP contribution >= 0.6 is 0 Å². The van der Waals surface area contributed by atoms with Crippen molar-refractivity contribution in [2.45, 2.75) is 37.0 Å². The summed E-state index contributed by atoms with van der Waals surface area (Å²) in [7, 11) is 0. The van der Waals surface area contributed by atoms with Gasteiger partial charge in [-0.3, -0.25) is 0 Å². The van der Waals surface area contributed by atoms with E-state index in [0.29, 0.717) is 29.3 Å². The van der Waals surface area contributed by atoms with E-state index in [4.69, 9.17) is 0 Å². The van der Waals surface area contributed by atoms with Gasteiger partial charge < -0.3 is 10.2 Å². The molecule has 0 spiro atoms. The van der Waals surface area contributed by atoms with Crippen LogP contribution in [0, 0.1) is 0 Å². The van der Waals surface area contributed by atoms with E-state index in [1.807, 2.05) is 0 Å². The molecule has 3 atom stereocenters. The van der Waals surface area contributed by atoms with Crippen LogP contribution in [0.4, 0.5) is 0 Å². The van der Waals surface area contributed by atoms with Crippen molar-refractivity contribution in [2.24, 2.45) is 0 Å². The molecular formula is C24H24O2. The van der Waals surface area contributed by atoms with Crippen LogP contribution in [-0.4, -0.2) is 10.2 Å². The average Bonchev–Trinajstić information content (AvgIpc) is 2.69. The first kappa shape index (κ1) is 16.7. The molecule has 3 unspecified atom stereocenters. The van der Waals surface area contributed by atoms with Gasteiger partial charge in [-0.15, -0.1) is 0 Å². The maximum Gasteiger partial charge on any atom is 0.115 e. The molecule has 3 aromatic carbocycles. The number of rotatable bonds is 3. The molecule has 0 amide bonds. The molecule has 2 nitrogen and oxygen atoms in total. The van der Waals surface area contributed by atoms with Crippen LogP contribution in [0.1, 0.15) is 53.7 Å². The third-order valence-electron chi connectivity index (χ3n) is 5.76. The Bertz CT molecular complexity index is 838. The normalized spacial score (nSPS) is 22.8. The average molecular weight is 344 g/mol. The van der Waals surface area contributed by atoms with Crippen molar-refractivity contribution in [3.63, 3.8) is 0 Å². The van der Waals surface area contributed by atoms with E-state index in [1.54, 1.807) is 24.3 Å². The van der Waals surface area contributed by atoms with E-state index in [0.717, 1.165) is 19.3 Å². The lowest BCUT2D eigenvalue weighted by Crippen LogP contribution is -2.21. The van der Waals surface area contributed by atoms with Crippen molar-refractivity contribution >= 4 is 0 Å². The second-order valence-corrected chi connectivity index (χ2v) is 7.32. The molecule has 0 aliphatic heterocycles. The highest BCUT2D eigenvalue weighted by Crippen LogP contribution is 2.49. The molecule has 2 heteroatoms. The third-order valence-corrected chi connectivity index (χ3v) is 5.76. The lowest BCUT2D eigenvalue weighted by Gasteiger charge is -2.37. The number of aromatic hydroxyl groups is 2. The fourth-order valence-electron chi connectivity index (χ4n) is 4.41. The van der Waals surface area contributed by atoms with Gasteiger partial charge in [-0.05, 0) is 78.0 Å². The van der Waals surface area contributed by atoms with Gasteiger partial charge in [0.1, 0.15) is 11.5 Å². The molecule has 26 heavy (non-hydrogen) atoms. The zero-order valence-corrected chi connectivity index (χ0v) is 14.8. The summed E-state index contributed by atoms with van der Waals surface area (Å²) in [5, 5.41) is 19.2. The zero-order chi connectivity index (χ0) is 17.9. The minimum absolute atomic E-state index is 0.316. The summed E-state index contributed by atoms with van der Waals surface area (Å²) in [5.74, 6) is 2.05. The van der Waals surface area contributed by atoms with Crippen LogP contribution in [0.15, 0.2) is 78.9 Å². The van der Waals surface area contributed by atoms with Crippen LogP contribution < -0.4 is 0 Å². The quantitative estimate of drug-likeness (QED) is 0.618. The molecule has 1 aliphatic carbocycles. The predicted molar refractivity (Wildman–Crippen MR) is 105 cm³/mol. The standard InChI is InChI=1S/C24H24O2/c25-21-11-6-17(7-12-21)20-10-15-23(18-4-2-1-3-5-18)24(16-20)19-8-13-22(26)14-9-19/h1-9,11-14,20,23-26H,10,15-16H2. The molecule has 4 rings (SSSR count). The van der Waals surface area contributed by atoms with Gasteiger partial charge in [0.25, 0.3) is 0 Å². The summed E-state index contributed by atoms with van der Waals surface area (Å²) in [6.07, 6.45) is 3.37. The molecule has 0 radical (unpaired) electrons. The Kier molecular flexibility index (Phi) is 4.66. The summed E-state index contributed by atoms with van der Waals surface area (Å²) in [4.78, 5) is 0. The SMILES string of the molecule is Oc1ccc(C2CCC(c3ccccc3)C(c3ccc(O)cc3)C2)cc1. The van der Waals surface area contributed by atoms with Gasteiger partial charge in [-0.1, -0.05) is 54.6 Å². The van der Waals surface area contributed by atoms with Gasteiger partial charge in [-0.2, -0.15) is 0 Å². The number of phenolic OH excluding ortho intramolecular Hbond substituents is 2. The minimum atomic E-state index is 0.316. The lowest BCUT2D eigenvalue weighted by molar-refractivity contribution is 0.346. The second kappa shape index (κ2) is 7.25. The summed E-state index contributed by atoms with van der Waals surface area (Å²) < 4.78 is 0. The van der Waals surface area contributed by atoms with Gasteiger partial charge in [0.15, 0.2) is 0 Å². The number of hydrogen-bond acceptors (Lipinski definition) is 2. The highest BCUT2D eigenvalue weighted by molar-refractivity contribution is 5.35. The lowest BCUT2D eigenvalue weighted by atomic mass is 9.67. The van der Waals surface area contributed by atoms with Gasteiger partial charge >= 0.3 is 0 Å². The maximum atomic E-state index is 9.67. The van der Waals surface area contributed by atoms with E-state index in [-0.39, 0.29) is 0 Å². The highest BCUT2D eigenvalue weighted by atomic mass is 16.3. The summed E-state index contributed by atoms with van der Waals surface area (Å²) in [6, 6.07) is 26.2. The van der Waals surface area contributed by atoms with Crippen LogP contribution in [0.25, 0.3) is 0 Å². The Hall–Kier alpha value is -2.74. The first-order valence-electron chi connectivity index (χ1n) is 9.33. The summed E-state index contributed by atoms with van der Waals surface area (Å²) in [6.45, 7) is 0. The van der Waals surface area contributed by atoms with E-state index >= 15 is 0 Å². The molecule has 1 fully saturated rings. The molecule has 3 aromatic rings. The van der Waals surface area contributed by atoms with Crippen molar-refractivity contribution in [3.05, 3.63) is 95.6 Å². The van der Waals surface area contributed by atoms with Crippen LogP contribution in [-0.2, 0) is 0 Å². The number of phenols is 2. The van der Waals surface area contributed by atoms with Crippen LogP contribution in [0.3, 0.4) is 0 Å². The van der Waals surface area contributed by atoms with Crippen molar-refractivity contribution < 1.29 is 10.2 Å². The molecule has 1 saturated carbocycles. The van der Waals surface area contributed by atoms with E-state index in [2.05, 4.69) is 54.6 Å². The number of benzene rings is 3. The van der Waals surface area contributed by atoms with Gasteiger partial charge in [0, 0.05) is 0 Å². The Morgan fingerprint density at radius 2 is 1.08 bits per heavy atom. The smallest absolute Gasteiger partial charge is 0.115 e. The Balaban J connectivity index is 1.66. The first-order chi connectivity index (χ1) is 12.7. The van der Waals surface area contributed by atoms with E-state index in [9.17, 15) is 10.2 Å². The second-order valence-electron chi connectivity index (χ2n) is 7.32. The van der Waals surface area contributed by atoms with Gasteiger partial charge in [-0.25, -0.2) is 0 Å². The molecule has 0 aromatic heterocycles.